The fourth-order valence-corrected chi connectivity index (χ4v) is 5.53. The van der Waals surface area contributed by atoms with Crippen LogP contribution in [0.5, 0.6) is 0 Å². The molecule has 2 aliphatic rings. The van der Waals surface area contributed by atoms with Crippen molar-refractivity contribution in [1.29, 1.82) is 0 Å². The summed E-state index contributed by atoms with van der Waals surface area (Å²) in [6, 6.07) is 24.4. The molecule has 1 aliphatic carbocycles. The van der Waals surface area contributed by atoms with Crippen LogP contribution in [-0.4, -0.2) is 57.1 Å². The first-order valence-corrected chi connectivity index (χ1v) is 14.1. The molecule has 3 aromatic rings. The monoisotopic (exact) mass is 569 g/mol. The predicted molar refractivity (Wildman–Crippen MR) is 155 cm³/mol. The minimum absolute atomic E-state index is 0.0375. The van der Waals surface area contributed by atoms with Crippen molar-refractivity contribution >= 4 is 24.0 Å². The SMILES string of the molecule is CC(C)(C)OC(=O)CN1C(=O)N(N(Cc2ccccc2)C(=O)OCc2ccccc2)C(=O)C1C1Cc2ccccc2C1. The lowest BCUT2D eigenvalue weighted by molar-refractivity contribution is -0.155. The van der Waals surface area contributed by atoms with Crippen molar-refractivity contribution in [3.63, 3.8) is 0 Å². The Labute approximate surface area is 245 Å². The van der Waals surface area contributed by atoms with Crippen molar-refractivity contribution in [1.82, 2.24) is 14.9 Å². The van der Waals surface area contributed by atoms with E-state index in [0.717, 1.165) is 26.7 Å². The minimum Gasteiger partial charge on any atom is -0.459 e. The molecule has 3 aromatic carbocycles. The van der Waals surface area contributed by atoms with Gasteiger partial charge in [0.1, 0.15) is 24.8 Å². The van der Waals surface area contributed by atoms with Gasteiger partial charge in [0, 0.05) is 0 Å². The Bertz CT molecular complexity index is 1430. The summed E-state index contributed by atoms with van der Waals surface area (Å²) in [6.07, 6.45) is 0.280. The molecule has 42 heavy (non-hydrogen) atoms. The van der Waals surface area contributed by atoms with Crippen LogP contribution in [0, 0.1) is 5.92 Å². The number of hydrazine groups is 1. The molecule has 4 amide bonds. The van der Waals surface area contributed by atoms with Crippen LogP contribution in [0.3, 0.4) is 0 Å². The van der Waals surface area contributed by atoms with Crippen LogP contribution in [0.4, 0.5) is 9.59 Å². The summed E-state index contributed by atoms with van der Waals surface area (Å²) in [5.74, 6) is -1.48. The molecule has 0 spiro atoms. The second kappa shape index (κ2) is 12.1. The van der Waals surface area contributed by atoms with Gasteiger partial charge in [-0.2, -0.15) is 5.01 Å². The molecule has 1 aliphatic heterocycles. The van der Waals surface area contributed by atoms with E-state index < -0.39 is 42.2 Å². The molecule has 1 heterocycles. The summed E-state index contributed by atoms with van der Waals surface area (Å²) in [4.78, 5) is 56.0. The van der Waals surface area contributed by atoms with E-state index in [1.165, 1.54) is 4.90 Å². The van der Waals surface area contributed by atoms with E-state index in [9.17, 15) is 19.2 Å². The lowest BCUT2D eigenvalue weighted by atomic mass is 9.95. The maximum Gasteiger partial charge on any atom is 0.429 e. The molecule has 9 heteroatoms. The molecule has 5 rings (SSSR count). The number of imide groups is 1. The number of amides is 4. The third-order valence-electron chi connectivity index (χ3n) is 7.31. The number of ether oxygens (including phenoxy) is 2. The second-order valence-electron chi connectivity index (χ2n) is 11.6. The number of hydrogen-bond donors (Lipinski definition) is 0. The van der Waals surface area contributed by atoms with Crippen LogP contribution in [0.25, 0.3) is 0 Å². The van der Waals surface area contributed by atoms with E-state index in [4.69, 9.17) is 9.47 Å². The molecule has 9 nitrogen and oxygen atoms in total. The van der Waals surface area contributed by atoms with E-state index >= 15 is 0 Å². The molecule has 1 saturated heterocycles. The largest absolute Gasteiger partial charge is 0.459 e. The first-order valence-electron chi connectivity index (χ1n) is 14.1. The molecule has 1 unspecified atom stereocenters. The van der Waals surface area contributed by atoms with Crippen molar-refractivity contribution < 1.29 is 28.7 Å². The van der Waals surface area contributed by atoms with Gasteiger partial charge in [-0.25, -0.2) is 14.6 Å². The highest BCUT2D eigenvalue weighted by molar-refractivity contribution is 6.06. The lowest BCUT2D eigenvalue weighted by Crippen LogP contribution is -2.50. The zero-order chi connectivity index (χ0) is 29.9. The number of carbonyl (C=O) groups excluding carboxylic acids is 4. The molecule has 1 atom stereocenters. The van der Waals surface area contributed by atoms with Crippen molar-refractivity contribution in [3.05, 3.63) is 107 Å². The average Bonchev–Trinajstić information content (AvgIpc) is 3.48. The van der Waals surface area contributed by atoms with Crippen molar-refractivity contribution in [2.24, 2.45) is 5.92 Å². The number of esters is 1. The Morgan fingerprint density at radius 1 is 0.833 bits per heavy atom. The van der Waals surface area contributed by atoms with E-state index in [1.54, 1.807) is 32.9 Å². The Morgan fingerprint density at radius 3 is 1.95 bits per heavy atom. The fourth-order valence-electron chi connectivity index (χ4n) is 5.53. The van der Waals surface area contributed by atoms with Crippen LogP contribution >= 0.6 is 0 Å². The van der Waals surface area contributed by atoms with Gasteiger partial charge < -0.3 is 9.47 Å². The summed E-state index contributed by atoms with van der Waals surface area (Å²) in [6.45, 7) is 4.68. The zero-order valence-corrected chi connectivity index (χ0v) is 24.1. The minimum atomic E-state index is -0.961. The molecular formula is C33H35N3O6. The third kappa shape index (κ3) is 6.46. The smallest absolute Gasteiger partial charge is 0.429 e. The highest BCUT2D eigenvalue weighted by Crippen LogP contribution is 2.35. The van der Waals surface area contributed by atoms with Crippen LogP contribution in [0.15, 0.2) is 84.9 Å². The average molecular weight is 570 g/mol. The summed E-state index contributed by atoms with van der Waals surface area (Å²) in [5, 5.41) is 1.88. The maximum absolute atomic E-state index is 14.2. The molecule has 0 aromatic heterocycles. The number of urea groups is 1. The molecular weight excluding hydrogens is 534 g/mol. The van der Waals surface area contributed by atoms with Gasteiger partial charge in [0.2, 0.25) is 0 Å². The summed E-state index contributed by atoms with van der Waals surface area (Å²) in [7, 11) is 0. The topological polar surface area (TPSA) is 96.5 Å². The van der Waals surface area contributed by atoms with E-state index in [-0.39, 0.29) is 19.1 Å². The van der Waals surface area contributed by atoms with Gasteiger partial charge in [0.15, 0.2) is 0 Å². The Morgan fingerprint density at radius 2 is 1.38 bits per heavy atom. The Balaban J connectivity index is 1.46. The van der Waals surface area contributed by atoms with Crippen LogP contribution in [-0.2, 0) is 45.1 Å². The first kappa shape index (κ1) is 28.9. The molecule has 218 valence electrons. The van der Waals surface area contributed by atoms with Crippen LogP contribution in [0.1, 0.15) is 43.0 Å². The molecule has 0 saturated carbocycles. The highest BCUT2D eigenvalue weighted by Gasteiger charge is 2.54. The van der Waals surface area contributed by atoms with Crippen molar-refractivity contribution in [2.45, 2.75) is 58.4 Å². The van der Waals surface area contributed by atoms with Gasteiger partial charge in [0.05, 0.1) is 6.54 Å². The quantitative estimate of drug-likeness (QED) is 0.276. The third-order valence-corrected chi connectivity index (χ3v) is 7.31. The molecule has 1 fully saturated rings. The van der Waals surface area contributed by atoms with Gasteiger partial charge in [-0.05, 0) is 61.8 Å². The maximum atomic E-state index is 14.2. The highest BCUT2D eigenvalue weighted by atomic mass is 16.6. The van der Waals surface area contributed by atoms with Crippen LogP contribution in [0.2, 0.25) is 0 Å². The van der Waals surface area contributed by atoms with E-state index in [2.05, 4.69) is 0 Å². The molecule has 0 radical (unpaired) electrons. The zero-order valence-electron chi connectivity index (χ0n) is 24.1. The van der Waals surface area contributed by atoms with Crippen molar-refractivity contribution in [2.75, 3.05) is 6.54 Å². The fraction of sp³-hybridized carbons (Fsp3) is 0.333. The Hall–Kier alpha value is -4.66. The molecule has 0 bridgehead atoms. The number of carbonyl (C=O) groups is 4. The summed E-state index contributed by atoms with van der Waals surface area (Å²) < 4.78 is 11.1. The summed E-state index contributed by atoms with van der Waals surface area (Å²) >= 11 is 0. The Kier molecular flexibility index (Phi) is 8.29. The standard InChI is InChI=1S/C33H35N3O6/c1-33(2,3)42-28(37)21-34-29(27-18-25-16-10-11-17-26(25)19-27)30(38)36(31(34)39)35(20-23-12-6-4-7-13-23)32(40)41-22-24-14-8-5-9-15-24/h4-17,27,29H,18-22H2,1-3H3. The molecule has 0 N–H and O–H groups in total. The number of hydrogen-bond acceptors (Lipinski definition) is 6. The van der Waals surface area contributed by atoms with Gasteiger partial charge in [-0.15, -0.1) is 0 Å². The number of nitrogens with zero attached hydrogens (tertiary/aromatic N) is 3. The van der Waals surface area contributed by atoms with E-state index in [0.29, 0.717) is 18.4 Å². The number of rotatable bonds is 8. The first-order chi connectivity index (χ1) is 20.1. The van der Waals surface area contributed by atoms with Gasteiger partial charge in [-0.3, -0.25) is 14.5 Å². The van der Waals surface area contributed by atoms with Crippen molar-refractivity contribution in [3.8, 4) is 0 Å². The normalized spacial score (nSPS) is 16.9. The number of benzene rings is 3. The van der Waals surface area contributed by atoms with E-state index in [1.807, 2.05) is 72.8 Å². The predicted octanol–water partition coefficient (Wildman–Crippen LogP) is 5.13. The van der Waals surface area contributed by atoms with Crippen LogP contribution < -0.4 is 0 Å². The van der Waals surface area contributed by atoms with Gasteiger partial charge >= 0.3 is 18.1 Å². The van der Waals surface area contributed by atoms with Gasteiger partial charge in [-0.1, -0.05) is 84.9 Å². The lowest BCUT2D eigenvalue weighted by Gasteiger charge is -2.29. The number of fused-ring (bicyclic) bond motifs is 1. The second-order valence-corrected chi connectivity index (χ2v) is 11.6. The summed E-state index contributed by atoms with van der Waals surface area (Å²) in [5.41, 5.74) is 2.88. The van der Waals surface area contributed by atoms with Gasteiger partial charge in [0.25, 0.3) is 5.91 Å².